The van der Waals surface area contributed by atoms with Gasteiger partial charge >= 0.3 is 0 Å². The summed E-state index contributed by atoms with van der Waals surface area (Å²) in [6.07, 6.45) is 12.5. The molecule has 38 heavy (non-hydrogen) atoms. The number of morpholine rings is 1. The molecule has 1 aromatic rings. The largest absolute Gasteiger partial charge is 0.379 e. The lowest BCUT2D eigenvalue weighted by Crippen LogP contribution is -2.32. The van der Waals surface area contributed by atoms with Gasteiger partial charge in [-0.3, -0.25) is 4.90 Å². The number of aryl methyl sites for hydroxylation is 1. The third-order valence-electron chi connectivity index (χ3n) is 6.91. The molecule has 0 saturated carbocycles. The van der Waals surface area contributed by atoms with Crippen LogP contribution in [0, 0.1) is 0 Å². The second kappa shape index (κ2) is 25.0. The molecule has 8 heteroatoms. The predicted octanol–water partition coefficient (Wildman–Crippen LogP) is 3.65. The molecule has 0 aliphatic carbocycles. The lowest BCUT2D eigenvalue weighted by Gasteiger charge is -2.24. The molecule has 8 nitrogen and oxygen atoms in total. The summed E-state index contributed by atoms with van der Waals surface area (Å²) < 4.78 is 12.1. The third kappa shape index (κ3) is 22.9. The number of hydrogen-bond acceptors (Lipinski definition) is 7. The second-order valence-electron chi connectivity index (χ2n) is 10.9. The van der Waals surface area contributed by atoms with E-state index >= 15 is 0 Å². The summed E-state index contributed by atoms with van der Waals surface area (Å²) in [7, 11) is 12.7. The van der Waals surface area contributed by atoms with Crippen molar-refractivity contribution in [1.82, 2.24) is 29.1 Å². The summed E-state index contributed by atoms with van der Waals surface area (Å²) in [5.41, 5.74) is 0. The highest BCUT2D eigenvalue weighted by Gasteiger charge is 2.05. The summed E-state index contributed by atoms with van der Waals surface area (Å²) in [6, 6.07) is 4.00. The molecule has 5 saturated heterocycles. The van der Waals surface area contributed by atoms with E-state index in [0.29, 0.717) is 0 Å². The molecule has 6 heterocycles. The van der Waals surface area contributed by atoms with Crippen molar-refractivity contribution >= 4 is 0 Å². The number of nitrogens with zero attached hydrogens (tertiary/aromatic N) is 6. The van der Waals surface area contributed by atoms with Gasteiger partial charge in [-0.15, -0.1) is 0 Å². The van der Waals surface area contributed by atoms with E-state index in [1.165, 1.54) is 77.8 Å². The standard InChI is InChI=1S/C6H13N.C5H11NO.C5H11N.C5H7N.C4H9NO.C4H9N.CH4/c1-7-5-3-2-4-6-7;1-6-2-4-7-5-3-6;2*1-6-4-2-3-5-6;1-5-2-3-6-4-5;1-5-3-2-4-5;/h2-6H2,1H3;2-5H2,1H3;2-5H2,1H3;2-5H,1H3;2-4H2,1H3;2-4H2,1H3;1H4. The van der Waals surface area contributed by atoms with E-state index in [-0.39, 0.29) is 7.43 Å². The lowest BCUT2D eigenvalue weighted by atomic mass is 10.1. The van der Waals surface area contributed by atoms with Crippen LogP contribution in [-0.4, -0.2) is 150 Å². The average Bonchev–Trinajstić information content (AvgIpc) is 3.67. The van der Waals surface area contributed by atoms with Crippen molar-refractivity contribution in [2.24, 2.45) is 7.05 Å². The Kier molecular flexibility index (Phi) is 24.3. The first-order chi connectivity index (χ1) is 17.9. The third-order valence-corrected chi connectivity index (χ3v) is 6.91. The normalized spacial score (nSPS) is 22.2. The zero-order valence-electron chi connectivity index (χ0n) is 25.2. The summed E-state index contributed by atoms with van der Waals surface area (Å²) in [4.78, 5) is 11.5. The average molecular weight is 541 g/mol. The predicted molar refractivity (Wildman–Crippen MR) is 164 cm³/mol. The van der Waals surface area contributed by atoms with Gasteiger partial charge in [-0.25, -0.2) is 0 Å². The van der Waals surface area contributed by atoms with Crippen LogP contribution in [0.2, 0.25) is 0 Å². The van der Waals surface area contributed by atoms with Crippen molar-refractivity contribution in [3.8, 4) is 0 Å². The van der Waals surface area contributed by atoms with Gasteiger partial charge in [-0.2, -0.15) is 0 Å². The second-order valence-corrected chi connectivity index (χ2v) is 10.9. The zero-order valence-corrected chi connectivity index (χ0v) is 25.2. The molecule has 6 rings (SSSR count). The Bertz CT molecular complexity index is 546. The SMILES string of the molecule is C.CN1CCC1.CN1CCCC1.CN1CCCCC1.CN1CCOC1.CN1CCOCC1.Cn1cccc1. The molecule has 0 aromatic carbocycles. The highest BCUT2D eigenvalue weighted by Crippen LogP contribution is 2.04. The van der Waals surface area contributed by atoms with Crippen molar-refractivity contribution in [3.63, 3.8) is 0 Å². The van der Waals surface area contributed by atoms with Gasteiger partial charge in [0.05, 0.1) is 26.6 Å². The molecule has 5 fully saturated rings. The van der Waals surface area contributed by atoms with E-state index in [4.69, 9.17) is 9.47 Å². The van der Waals surface area contributed by atoms with E-state index in [1.807, 2.05) is 43.2 Å². The minimum absolute atomic E-state index is 0. The van der Waals surface area contributed by atoms with E-state index in [2.05, 4.69) is 52.7 Å². The Hall–Kier alpha value is -1.00. The van der Waals surface area contributed by atoms with Crippen LogP contribution in [0.4, 0.5) is 0 Å². The minimum Gasteiger partial charge on any atom is -0.379 e. The number of ether oxygens (including phenoxy) is 2. The molecule has 0 unspecified atom stereocenters. The molecule has 226 valence electrons. The van der Waals surface area contributed by atoms with Crippen molar-refractivity contribution < 1.29 is 9.47 Å². The van der Waals surface area contributed by atoms with E-state index in [1.54, 1.807) is 0 Å². The first kappa shape index (κ1) is 37.0. The lowest BCUT2D eigenvalue weighted by molar-refractivity contribution is 0.0503. The fourth-order valence-corrected chi connectivity index (χ4v) is 3.98. The molecule has 0 amide bonds. The van der Waals surface area contributed by atoms with Crippen LogP contribution in [0.1, 0.15) is 46.0 Å². The number of likely N-dealkylation sites (N-methyl/N-ethyl adjacent to an activating group) is 2. The molecule has 0 N–H and O–H groups in total. The van der Waals surface area contributed by atoms with Gasteiger partial charge in [0.25, 0.3) is 0 Å². The van der Waals surface area contributed by atoms with Gasteiger partial charge in [0, 0.05) is 39.1 Å². The Morgan fingerprint density at radius 2 is 0.789 bits per heavy atom. The first-order valence-corrected chi connectivity index (χ1v) is 14.5. The monoisotopic (exact) mass is 541 g/mol. The molecule has 5 aliphatic heterocycles. The van der Waals surface area contributed by atoms with Crippen LogP contribution >= 0.6 is 0 Å². The highest BCUT2D eigenvalue weighted by atomic mass is 16.5. The first-order valence-electron chi connectivity index (χ1n) is 14.5. The van der Waals surface area contributed by atoms with Gasteiger partial charge in [-0.1, -0.05) is 13.8 Å². The summed E-state index contributed by atoms with van der Waals surface area (Å²) in [6.45, 7) is 14.8. The Morgan fingerprint density at radius 1 is 0.421 bits per heavy atom. The van der Waals surface area contributed by atoms with Crippen LogP contribution in [-0.2, 0) is 16.5 Å². The van der Waals surface area contributed by atoms with E-state index < -0.39 is 0 Å². The smallest absolute Gasteiger partial charge is 0.0989 e. The van der Waals surface area contributed by atoms with Gasteiger partial charge in [0.2, 0.25) is 0 Å². The van der Waals surface area contributed by atoms with Gasteiger partial charge in [-0.05, 0) is 119 Å². The van der Waals surface area contributed by atoms with Crippen LogP contribution in [0.25, 0.3) is 0 Å². The topological polar surface area (TPSA) is 39.6 Å². The maximum absolute atomic E-state index is 5.10. The molecule has 5 aliphatic rings. The molecule has 0 spiro atoms. The van der Waals surface area contributed by atoms with E-state index in [9.17, 15) is 0 Å². The van der Waals surface area contributed by atoms with Crippen molar-refractivity contribution in [3.05, 3.63) is 24.5 Å². The van der Waals surface area contributed by atoms with Crippen molar-refractivity contribution in [2.75, 3.05) is 121 Å². The van der Waals surface area contributed by atoms with Crippen molar-refractivity contribution in [1.29, 1.82) is 0 Å². The number of likely N-dealkylation sites (tertiary alicyclic amines) is 3. The number of aromatic nitrogens is 1. The van der Waals surface area contributed by atoms with Crippen LogP contribution in [0.15, 0.2) is 24.5 Å². The van der Waals surface area contributed by atoms with Crippen molar-refractivity contribution in [2.45, 2.75) is 46.0 Å². The van der Waals surface area contributed by atoms with Gasteiger partial charge in [0.1, 0.15) is 0 Å². The minimum atomic E-state index is 0. The summed E-state index contributed by atoms with van der Waals surface area (Å²) >= 11 is 0. The number of rotatable bonds is 0. The van der Waals surface area contributed by atoms with Gasteiger partial charge in [0.15, 0.2) is 0 Å². The molecule has 0 bridgehead atoms. The Morgan fingerprint density at radius 3 is 0.947 bits per heavy atom. The molecule has 1 aromatic heterocycles. The summed E-state index contributed by atoms with van der Waals surface area (Å²) in [5, 5.41) is 0. The molecule has 0 atom stereocenters. The van der Waals surface area contributed by atoms with E-state index in [0.717, 1.165) is 46.2 Å². The van der Waals surface area contributed by atoms with Gasteiger partial charge < -0.3 is 33.6 Å². The quantitative estimate of drug-likeness (QED) is 0.497. The maximum Gasteiger partial charge on any atom is 0.0989 e. The molecular weight excluding hydrogens is 476 g/mol. The molecule has 0 radical (unpaired) electrons. The van der Waals surface area contributed by atoms with Crippen LogP contribution < -0.4 is 0 Å². The maximum atomic E-state index is 5.10. The molecular formula is C30H64N6O2. The fraction of sp³-hybridized carbons (Fsp3) is 0.867. The van der Waals surface area contributed by atoms with Crippen LogP contribution in [0.3, 0.4) is 0 Å². The highest BCUT2D eigenvalue weighted by molar-refractivity contribution is 4.88. The Balaban J connectivity index is 0.000000431. The Labute approximate surface area is 236 Å². The zero-order chi connectivity index (χ0) is 27.1. The van der Waals surface area contributed by atoms with Crippen LogP contribution in [0.5, 0.6) is 0 Å². The number of hydrogen-bond donors (Lipinski definition) is 0. The number of piperidine rings is 1. The summed E-state index contributed by atoms with van der Waals surface area (Å²) in [5.74, 6) is 0. The fourth-order valence-electron chi connectivity index (χ4n) is 3.98.